The molecule has 1 aliphatic rings. The van der Waals surface area contributed by atoms with Crippen LogP contribution in [-0.4, -0.2) is 11.7 Å². The second-order valence-electron chi connectivity index (χ2n) is 1.07. The van der Waals surface area contributed by atoms with E-state index in [9.17, 15) is 0 Å². The summed E-state index contributed by atoms with van der Waals surface area (Å²) in [5.74, 6) is 0. The highest BCUT2D eigenvalue weighted by atomic mass is 35.5. The van der Waals surface area contributed by atoms with Crippen LogP contribution in [0.15, 0.2) is 5.10 Å². The third-order valence-electron chi connectivity index (χ3n) is 0.554. The molecule has 1 rings (SSSR count). The van der Waals surface area contributed by atoms with Crippen molar-refractivity contribution < 1.29 is 0 Å². The Morgan fingerprint density at radius 3 is 3.00 bits per heavy atom. The van der Waals surface area contributed by atoms with Crippen molar-refractivity contribution in [1.29, 1.82) is 0 Å². The van der Waals surface area contributed by atoms with E-state index in [1.807, 2.05) is 0 Å². The molecular weight excluding hydrogens is 99.5 g/mol. The van der Waals surface area contributed by atoms with Gasteiger partial charge in [0.15, 0.2) is 0 Å². The van der Waals surface area contributed by atoms with Crippen LogP contribution in [0.5, 0.6) is 0 Å². The van der Waals surface area contributed by atoms with Gasteiger partial charge in [0.25, 0.3) is 0 Å². The van der Waals surface area contributed by atoms with Crippen molar-refractivity contribution in [2.75, 3.05) is 0 Å². The molecule has 0 aromatic rings. The van der Waals surface area contributed by atoms with Gasteiger partial charge in [-0.05, 0) is 0 Å². The van der Waals surface area contributed by atoms with Crippen molar-refractivity contribution in [3.05, 3.63) is 0 Å². The fourth-order valence-corrected chi connectivity index (χ4v) is 0.405. The predicted octanol–water partition coefficient (Wildman–Crippen LogP) is 0.407. The van der Waals surface area contributed by atoms with E-state index in [1.165, 1.54) is 0 Å². The van der Waals surface area contributed by atoms with E-state index >= 15 is 0 Å². The molecular formula is C3H4ClN2. The Bertz CT molecular complexity index is 63.2. The standard InChI is InChI=1S/C3H4ClN2/c4-3-1-2-5-6-3/h3,6H,1H2. The van der Waals surface area contributed by atoms with E-state index in [-0.39, 0.29) is 5.50 Å². The number of nitrogens with zero attached hydrogens (tertiary/aromatic N) is 1. The molecule has 1 aliphatic heterocycles. The maximum Gasteiger partial charge on any atom is 0.123 e. The summed E-state index contributed by atoms with van der Waals surface area (Å²) in [7, 11) is 0. The number of hydrazone groups is 1. The fourth-order valence-electron chi connectivity index (χ4n) is 0.287. The molecule has 1 N–H and O–H groups in total. The zero-order valence-corrected chi connectivity index (χ0v) is 3.87. The van der Waals surface area contributed by atoms with Crippen molar-refractivity contribution in [3.8, 4) is 0 Å². The quantitative estimate of drug-likeness (QED) is 0.349. The molecule has 33 valence electrons. The molecule has 0 bridgehead atoms. The van der Waals surface area contributed by atoms with E-state index in [0.717, 1.165) is 6.42 Å². The molecule has 0 amide bonds. The van der Waals surface area contributed by atoms with E-state index < -0.39 is 0 Å². The van der Waals surface area contributed by atoms with Gasteiger partial charge >= 0.3 is 0 Å². The van der Waals surface area contributed by atoms with E-state index in [4.69, 9.17) is 11.6 Å². The van der Waals surface area contributed by atoms with E-state index in [0.29, 0.717) is 0 Å². The van der Waals surface area contributed by atoms with Gasteiger partial charge in [-0.15, -0.1) is 0 Å². The van der Waals surface area contributed by atoms with Gasteiger partial charge in [0.1, 0.15) is 5.50 Å². The summed E-state index contributed by atoms with van der Waals surface area (Å²) in [6, 6.07) is 0. The molecule has 2 nitrogen and oxygen atoms in total. The molecule has 0 fully saturated rings. The summed E-state index contributed by atoms with van der Waals surface area (Å²) >= 11 is 5.44. The molecule has 1 atom stereocenters. The number of halogens is 1. The average molecular weight is 104 g/mol. The lowest BCUT2D eigenvalue weighted by molar-refractivity contribution is 0.752. The first-order chi connectivity index (χ1) is 2.89. The van der Waals surface area contributed by atoms with Crippen LogP contribution in [0.4, 0.5) is 0 Å². The largest absolute Gasteiger partial charge is 0.291 e. The number of nitrogens with one attached hydrogen (secondary N) is 1. The third kappa shape index (κ3) is 0.627. The van der Waals surface area contributed by atoms with Gasteiger partial charge in [-0.25, -0.2) is 0 Å². The summed E-state index contributed by atoms with van der Waals surface area (Å²) in [5, 5.41) is 3.53. The maximum absolute atomic E-state index is 5.44. The van der Waals surface area contributed by atoms with Gasteiger partial charge in [-0.3, -0.25) is 5.43 Å². The first-order valence-electron chi connectivity index (χ1n) is 1.72. The molecule has 0 saturated carbocycles. The first kappa shape index (κ1) is 3.93. The highest BCUT2D eigenvalue weighted by Gasteiger charge is 2.03. The van der Waals surface area contributed by atoms with Crippen molar-refractivity contribution in [3.63, 3.8) is 0 Å². The van der Waals surface area contributed by atoms with Gasteiger partial charge in [0.2, 0.25) is 0 Å². The Kier molecular flexibility index (Phi) is 0.965. The summed E-state index contributed by atoms with van der Waals surface area (Å²) in [5.41, 5.74) is 2.59. The molecule has 3 heteroatoms. The van der Waals surface area contributed by atoms with Crippen LogP contribution in [0.2, 0.25) is 0 Å². The Hall–Kier alpha value is -0.240. The van der Waals surface area contributed by atoms with Crippen LogP contribution in [0.1, 0.15) is 6.42 Å². The molecule has 0 aliphatic carbocycles. The Morgan fingerprint density at radius 2 is 2.83 bits per heavy atom. The van der Waals surface area contributed by atoms with Gasteiger partial charge < -0.3 is 0 Å². The van der Waals surface area contributed by atoms with Gasteiger partial charge in [0, 0.05) is 6.42 Å². The molecule has 0 aromatic heterocycles. The van der Waals surface area contributed by atoms with Crippen LogP contribution in [0, 0.1) is 0 Å². The third-order valence-corrected chi connectivity index (χ3v) is 0.806. The van der Waals surface area contributed by atoms with Crippen LogP contribution in [0.25, 0.3) is 0 Å². The monoisotopic (exact) mass is 103 g/mol. The molecule has 0 saturated heterocycles. The zero-order chi connectivity index (χ0) is 4.41. The smallest absolute Gasteiger partial charge is 0.123 e. The van der Waals surface area contributed by atoms with Gasteiger partial charge in [0.05, 0.1) is 6.21 Å². The number of hydrogen-bond acceptors (Lipinski definition) is 2. The number of alkyl halides is 1. The highest BCUT2D eigenvalue weighted by molar-refractivity contribution is 6.21. The second kappa shape index (κ2) is 1.47. The number of rotatable bonds is 0. The lowest BCUT2D eigenvalue weighted by Gasteiger charge is -1.91. The average Bonchev–Trinajstić information content (AvgIpc) is 1.86. The van der Waals surface area contributed by atoms with Crippen LogP contribution in [-0.2, 0) is 0 Å². The molecule has 1 heterocycles. The van der Waals surface area contributed by atoms with Crippen molar-refractivity contribution in [2.24, 2.45) is 5.10 Å². The minimum atomic E-state index is -0.00926. The van der Waals surface area contributed by atoms with Gasteiger partial charge in [-0.1, -0.05) is 11.6 Å². The summed E-state index contributed by atoms with van der Waals surface area (Å²) in [4.78, 5) is 0. The molecule has 1 radical (unpaired) electrons. The molecule has 0 spiro atoms. The van der Waals surface area contributed by atoms with Crippen LogP contribution in [0.3, 0.4) is 0 Å². The SMILES string of the molecule is ClC1C[C]=NN1. The fraction of sp³-hybridized carbons (Fsp3) is 0.667. The molecule has 1 unspecified atom stereocenters. The van der Waals surface area contributed by atoms with Crippen molar-refractivity contribution >= 4 is 17.8 Å². The zero-order valence-electron chi connectivity index (χ0n) is 3.11. The van der Waals surface area contributed by atoms with Gasteiger partial charge in [-0.2, -0.15) is 5.10 Å². The Balaban J connectivity index is 2.32. The Labute approximate surface area is 41.2 Å². The summed E-state index contributed by atoms with van der Waals surface area (Å²) < 4.78 is 0. The lowest BCUT2D eigenvalue weighted by atomic mass is 10.5. The highest BCUT2D eigenvalue weighted by Crippen LogP contribution is 1.98. The van der Waals surface area contributed by atoms with Crippen molar-refractivity contribution in [1.82, 2.24) is 5.43 Å². The lowest BCUT2D eigenvalue weighted by Crippen LogP contribution is -2.09. The van der Waals surface area contributed by atoms with Crippen LogP contribution >= 0.6 is 11.6 Å². The van der Waals surface area contributed by atoms with E-state index in [1.54, 1.807) is 0 Å². The van der Waals surface area contributed by atoms with Crippen LogP contribution < -0.4 is 5.43 Å². The summed E-state index contributed by atoms with van der Waals surface area (Å²) in [6.07, 6.45) is 3.38. The van der Waals surface area contributed by atoms with Crippen molar-refractivity contribution in [2.45, 2.75) is 11.9 Å². The predicted molar refractivity (Wildman–Crippen MR) is 24.8 cm³/mol. The Morgan fingerprint density at radius 1 is 2.00 bits per heavy atom. The topological polar surface area (TPSA) is 24.4 Å². The minimum absolute atomic E-state index is 0.00926. The molecule has 6 heavy (non-hydrogen) atoms. The summed E-state index contributed by atoms with van der Waals surface area (Å²) in [6.45, 7) is 0. The maximum atomic E-state index is 5.44. The number of hydrogen-bond donors (Lipinski definition) is 1. The normalized spacial score (nSPS) is 30.5. The minimum Gasteiger partial charge on any atom is -0.291 e. The molecule has 0 aromatic carbocycles. The first-order valence-corrected chi connectivity index (χ1v) is 2.15. The second-order valence-corrected chi connectivity index (χ2v) is 1.60. The van der Waals surface area contributed by atoms with E-state index in [2.05, 4.69) is 16.7 Å².